The van der Waals surface area contributed by atoms with Gasteiger partial charge >= 0.3 is 0 Å². The Bertz CT molecular complexity index is 226. The molecule has 0 saturated carbocycles. The van der Waals surface area contributed by atoms with Gasteiger partial charge < -0.3 is 10.6 Å². The lowest BCUT2D eigenvalue weighted by Crippen LogP contribution is -2.42. The van der Waals surface area contributed by atoms with Crippen molar-refractivity contribution in [2.24, 2.45) is 4.99 Å². The Morgan fingerprint density at radius 3 is 2.00 bits per heavy atom. The van der Waals surface area contributed by atoms with Crippen molar-refractivity contribution in [3.05, 3.63) is 0 Å². The van der Waals surface area contributed by atoms with Gasteiger partial charge in [-0.25, -0.2) is 0 Å². The third-order valence-corrected chi connectivity index (χ3v) is 2.72. The van der Waals surface area contributed by atoms with E-state index in [0.717, 1.165) is 25.6 Å². The Morgan fingerprint density at radius 1 is 1.06 bits per heavy atom. The van der Waals surface area contributed by atoms with E-state index in [1.54, 1.807) is 0 Å². The van der Waals surface area contributed by atoms with Crippen molar-refractivity contribution in [3.63, 3.8) is 0 Å². The van der Waals surface area contributed by atoms with Crippen molar-refractivity contribution in [2.45, 2.75) is 66.6 Å². The molecule has 108 valence electrons. The van der Waals surface area contributed by atoms with E-state index < -0.39 is 0 Å². The van der Waals surface area contributed by atoms with Crippen LogP contribution in [0.1, 0.15) is 48.5 Å². The molecule has 0 atom stereocenters. The van der Waals surface area contributed by atoms with E-state index in [1.165, 1.54) is 0 Å². The lowest BCUT2D eigenvalue weighted by molar-refractivity contribution is 0.181. The van der Waals surface area contributed by atoms with Gasteiger partial charge in [0.05, 0.1) is 6.54 Å². The van der Waals surface area contributed by atoms with Gasteiger partial charge in [0.1, 0.15) is 0 Å². The maximum Gasteiger partial charge on any atom is 0.191 e. The summed E-state index contributed by atoms with van der Waals surface area (Å²) in [5.74, 6) is 0.917. The van der Waals surface area contributed by atoms with Crippen LogP contribution in [-0.2, 0) is 0 Å². The minimum atomic E-state index is 0.411. The van der Waals surface area contributed by atoms with Crippen molar-refractivity contribution in [2.75, 3.05) is 19.6 Å². The van der Waals surface area contributed by atoms with Crippen molar-refractivity contribution in [1.29, 1.82) is 0 Å². The van der Waals surface area contributed by atoms with Gasteiger partial charge in [-0.3, -0.25) is 9.89 Å². The number of guanidine groups is 1. The lowest BCUT2D eigenvalue weighted by atomic mass is 10.2. The number of hydrogen-bond acceptors (Lipinski definition) is 2. The average molecular weight is 256 g/mol. The topological polar surface area (TPSA) is 39.7 Å². The standard InChI is InChI=1S/C14H32N4/c1-8-15-14(17-11(2)3)16-9-10-18(12(4)5)13(6)7/h11-13H,8-10H2,1-7H3,(H2,15,16,17). The van der Waals surface area contributed by atoms with Gasteiger partial charge in [0.25, 0.3) is 0 Å². The lowest BCUT2D eigenvalue weighted by Gasteiger charge is -2.29. The highest BCUT2D eigenvalue weighted by molar-refractivity contribution is 5.79. The number of hydrogen-bond donors (Lipinski definition) is 2. The quantitative estimate of drug-likeness (QED) is 0.541. The summed E-state index contributed by atoms with van der Waals surface area (Å²) in [6.07, 6.45) is 0. The summed E-state index contributed by atoms with van der Waals surface area (Å²) < 4.78 is 0. The highest BCUT2D eigenvalue weighted by atomic mass is 15.2. The van der Waals surface area contributed by atoms with Crippen LogP contribution in [0.5, 0.6) is 0 Å². The van der Waals surface area contributed by atoms with E-state index in [4.69, 9.17) is 0 Å². The monoisotopic (exact) mass is 256 g/mol. The van der Waals surface area contributed by atoms with Crippen LogP contribution in [0.4, 0.5) is 0 Å². The van der Waals surface area contributed by atoms with Gasteiger partial charge in [-0.2, -0.15) is 0 Å². The Hall–Kier alpha value is -0.770. The molecule has 4 nitrogen and oxygen atoms in total. The predicted octanol–water partition coefficient (Wildman–Crippen LogP) is 2.07. The second-order valence-corrected chi connectivity index (χ2v) is 5.49. The van der Waals surface area contributed by atoms with Crippen molar-refractivity contribution in [3.8, 4) is 0 Å². The van der Waals surface area contributed by atoms with Crippen LogP contribution in [0.15, 0.2) is 4.99 Å². The Morgan fingerprint density at radius 2 is 1.61 bits per heavy atom. The van der Waals surface area contributed by atoms with Crippen molar-refractivity contribution < 1.29 is 0 Å². The van der Waals surface area contributed by atoms with E-state index in [0.29, 0.717) is 18.1 Å². The molecule has 0 saturated heterocycles. The molecule has 0 aliphatic heterocycles. The molecule has 0 aromatic rings. The third-order valence-electron chi connectivity index (χ3n) is 2.72. The molecule has 0 aliphatic rings. The molecule has 4 heteroatoms. The number of nitrogens with zero attached hydrogens (tertiary/aromatic N) is 2. The summed E-state index contributed by atoms with van der Waals surface area (Å²) in [5.41, 5.74) is 0. The zero-order chi connectivity index (χ0) is 14.1. The summed E-state index contributed by atoms with van der Waals surface area (Å²) in [6, 6.07) is 1.55. The molecule has 0 fully saturated rings. The minimum Gasteiger partial charge on any atom is -0.357 e. The van der Waals surface area contributed by atoms with Crippen molar-refractivity contribution in [1.82, 2.24) is 15.5 Å². The van der Waals surface area contributed by atoms with Crippen LogP contribution in [0.3, 0.4) is 0 Å². The molecule has 18 heavy (non-hydrogen) atoms. The van der Waals surface area contributed by atoms with E-state index >= 15 is 0 Å². The highest BCUT2D eigenvalue weighted by Crippen LogP contribution is 2.03. The Balaban J connectivity index is 4.29. The number of aliphatic imine (C=N–C) groups is 1. The molecule has 2 N–H and O–H groups in total. The fourth-order valence-electron chi connectivity index (χ4n) is 1.98. The van der Waals surface area contributed by atoms with Gasteiger partial charge in [-0.15, -0.1) is 0 Å². The minimum absolute atomic E-state index is 0.411. The highest BCUT2D eigenvalue weighted by Gasteiger charge is 2.12. The number of nitrogens with one attached hydrogen (secondary N) is 2. The Kier molecular flexibility index (Phi) is 8.81. The molecule has 0 heterocycles. The van der Waals surface area contributed by atoms with Crippen LogP contribution in [0.25, 0.3) is 0 Å². The van der Waals surface area contributed by atoms with Crippen LogP contribution in [-0.4, -0.2) is 48.6 Å². The smallest absolute Gasteiger partial charge is 0.191 e. The second-order valence-electron chi connectivity index (χ2n) is 5.49. The largest absolute Gasteiger partial charge is 0.357 e. The molecular formula is C14H32N4. The molecule has 0 bridgehead atoms. The summed E-state index contributed by atoms with van der Waals surface area (Å²) in [4.78, 5) is 7.07. The summed E-state index contributed by atoms with van der Waals surface area (Å²) in [5, 5.41) is 6.60. The van der Waals surface area contributed by atoms with Crippen LogP contribution in [0, 0.1) is 0 Å². The molecule has 0 amide bonds. The maximum absolute atomic E-state index is 4.61. The zero-order valence-corrected chi connectivity index (χ0v) is 13.2. The fraction of sp³-hybridized carbons (Fsp3) is 0.929. The first-order valence-corrected chi connectivity index (χ1v) is 7.19. The average Bonchev–Trinajstić information content (AvgIpc) is 2.22. The molecule has 0 unspecified atom stereocenters. The molecule has 0 aromatic carbocycles. The summed E-state index contributed by atoms with van der Waals surface area (Å²) in [6.45, 7) is 18.0. The van der Waals surface area contributed by atoms with Gasteiger partial charge in [-0.05, 0) is 48.5 Å². The van der Waals surface area contributed by atoms with Gasteiger partial charge in [0.2, 0.25) is 0 Å². The second kappa shape index (κ2) is 9.20. The van der Waals surface area contributed by atoms with Gasteiger partial charge in [0, 0.05) is 31.2 Å². The summed E-state index contributed by atoms with van der Waals surface area (Å²) >= 11 is 0. The van der Waals surface area contributed by atoms with Crippen LogP contribution >= 0.6 is 0 Å². The first-order chi connectivity index (χ1) is 8.38. The van der Waals surface area contributed by atoms with Crippen LogP contribution < -0.4 is 10.6 Å². The Labute approximate surface area is 113 Å². The molecule has 0 spiro atoms. The molecular weight excluding hydrogens is 224 g/mol. The first-order valence-electron chi connectivity index (χ1n) is 7.19. The molecule has 0 rings (SSSR count). The number of rotatable bonds is 7. The van der Waals surface area contributed by atoms with Crippen molar-refractivity contribution >= 4 is 5.96 Å². The SMILES string of the molecule is CCNC(=NCCN(C(C)C)C(C)C)NC(C)C. The fourth-order valence-corrected chi connectivity index (χ4v) is 1.98. The van der Waals surface area contributed by atoms with E-state index in [-0.39, 0.29) is 0 Å². The summed E-state index contributed by atoms with van der Waals surface area (Å²) in [7, 11) is 0. The zero-order valence-electron chi connectivity index (χ0n) is 13.2. The normalized spacial score (nSPS) is 12.9. The van der Waals surface area contributed by atoms with Gasteiger partial charge in [-0.1, -0.05) is 0 Å². The van der Waals surface area contributed by atoms with Gasteiger partial charge in [0.15, 0.2) is 5.96 Å². The van der Waals surface area contributed by atoms with E-state index in [2.05, 4.69) is 69.0 Å². The molecule has 0 aliphatic carbocycles. The maximum atomic E-state index is 4.61. The van der Waals surface area contributed by atoms with Crippen LogP contribution in [0.2, 0.25) is 0 Å². The predicted molar refractivity (Wildman–Crippen MR) is 81.2 cm³/mol. The van der Waals surface area contributed by atoms with E-state index in [9.17, 15) is 0 Å². The third kappa shape index (κ3) is 7.54. The first kappa shape index (κ1) is 17.2. The van der Waals surface area contributed by atoms with E-state index in [1.807, 2.05) is 0 Å². The molecule has 0 radical (unpaired) electrons. The molecule has 0 aromatic heterocycles.